The summed E-state index contributed by atoms with van der Waals surface area (Å²) in [6, 6.07) is 0. The lowest BCUT2D eigenvalue weighted by Crippen LogP contribution is -2.13. The van der Waals surface area contributed by atoms with Crippen LogP contribution in [0.15, 0.2) is 23.8 Å². The average Bonchev–Trinajstić information content (AvgIpc) is 2.01. The van der Waals surface area contributed by atoms with E-state index in [0.717, 1.165) is 24.1 Å². The minimum atomic E-state index is 0.425. The first-order valence-corrected chi connectivity index (χ1v) is 4.56. The zero-order valence-corrected chi connectivity index (χ0v) is 7.98. The molecule has 1 aliphatic rings. The smallest absolute Gasteiger partial charge is 0.0371 e. The van der Waals surface area contributed by atoms with E-state index >= 15 is 0 Å². The molecule has 1 unspecified atom stereocenters. The maximum Gasteiger partial charge on any atom is 0.0371 e. The summed E-state index contributed by atoms with van der Waals surface area (Å²) in [7, 11) is 0. The van der Waals surface area contributed by atoms with Gasteiger partial charge in [0.2, 0.25) is 0 Å². The molecule has 1 nitrogen and oxygen atoms in total. The van der Waals surface area contributed by atoms with Crippen LogP contribution in [0, 0.1) is 11.3 Å². The van der Waals surface area contributed by atoms with Gasteiger partial charge < -0.3 is 5.41 Å². The molecule has 0 spiro atoms. The number of rotatable bonds is 0. The van der Waals surface area contributed by atoms with Gasteiger partial charge in [-0.3, -0.25) is 0 Å². The van der Waals surface area contributed by atoms with E-state index in [1.54, 1.807) is 0 Å². The highest BCUT2D eigenvalue weighted by molar-refractivity contribution is 5.99. The van der Waals surface area contributed by atoms with Crippen LogP contribution < -0.4 is 0 Å². The lowest BCUT2D eigenvalue weighted by Gasteiger charge is -2.17. The van der Waals surface area contributed by atoms with Crippen molar-refractivity contribution >= 4 is 5.71 Å². The molecular weight excluding hydrogens is 146 g/mol. The predicted octanol–water partition coefficient (Wildman–Crippen LogP) is 3.33. The fourth-order valence-corrected chi connectivity index (χ4v) is 1.62. The van der Waals surface area contributed by atoms with Crippen molar-refractivity contribution in [3.05, 3.63) is 23.8 Å². The van der Waals surface area contributed by atoms with Gasteiger partial charge in [-0.1, -0.05) is 25.2 Å². The van der Waals surface area contributed by atoms with Crippen molar-refractivity contribution in [3.8, 4) is 0 Å². The summed E-state index contributed by atoms with van der Waals surface area (Å²) in [5.41, 5.74) is 3.05. The number of hydrogen-bond donors (Lipinski definition) is 1. The summed E-state index contributed by atoms with van der Waals surface area (Å²) in [6.07, 6.45) is 5.45. The molecule has 0 aliphatic heterocycles. The topological polar surface area (TPSA) is 23.9 Å². The van der Waals surface area contributed by atoms with Crippen molar-refractivity contribution in [2.24, 2.45) is 5.92 Å². The first kappa shape index (κ1) is 9.24. The Labute approximate surface area is 74.7 Å². The van der Waals surface area contributed by atoms with Crippen LogP contribution in [0.25, 0.3) is 0 Å². The third kappa shape index (κ3) is 2.07. The summed E-state index contributed by atoms with van der Waals surface area (Å²) < 4.78 is 0. The Morgan fingerprint density at radius 3 is 2.92 bits per heavy atom. The van der Waals surface area contributed by atoms with Crippen LogP contribution >= 0.6 is 0 Å². The zero-order chi connectivity index (χ0) is 9.14. The van der Waals surface area contributed by atoms with E-state index in [-0.39, 0.29) is 0 Å². The van der Waals surface area contributed by atoms with Gasteiger partial charge in [0.05, 0.1) is 0 Å². The monoisotopic (exact) mass is 163 g/mol. The first-order chi connectivity index (χ1) is 5.61. The Kier molecular flexibility index (Phi) is 2.85. The highest BCUT2D eigenvalue weighted by Gasteiger charge is 2.12. The van der Waals surface area contributed by atoms with E-state index in [4.69, 9.17) is 5.41 Å². The standard InChI is InChI=1S/C11H17N/c1-8-5-4-6-9(2)11(12)10(3)7-8/h7,9,12H,1,4-6H2,2-3H3. The average molecular weight is 163 g/mol. The third-order valence-corrected chi connectivity index (χ3v) is 2.47. The fourth-order valence-electron chi connectivity index (χ4n) is 1.62. The van der Waals surface area contributed by atoms with Crippen molar-refractivity contribution in [2.45, 2.75) is 33.1 Å². The molecule has 0 heterocycles. The molecule has 0 saturated carbocycles. The van der Waals surface area contributed by atoms with Crippen LogP contribution in [0.2, 0.25) is 0 Å². The summed E-state index contributed by atoms with van der Waals surface area (Å²) >= 11 is 0. The van der Waals surface area contributed by atoms with Gasteiger partial charge in [-0.2, -0.15) is 0 Å². The zero-order valence-electron chi connectivity index (χ0n) is 7.98. The quantitative estimate of drug-likeness (QED) is 0.566. The molecule has 0 saturated heterocycles. The normalized spacial score (nSPS) is 26.2. The summed E-state index contributed by atoms with van der Waals surface area (Å²) in [5.74, 6) is 0.425. The Hall–Kier alpha value is -0.850. The molecule has 0 amide bonds. The van der Waals surface area contributed by atoms with Crippen LogP contribution in [0.5, 0.6) is 0 Å². The molecule has 66 valence electrons. The van der Waals surface area contributed by atoms with Gasteiger partial charge in [0.15, 0.2) is 0 Å². The predicted molar refractivity (Wildman–Crippen MR) is 53.6 cm³/mol. The molecule has 0 aromatic carbocycles. The van der Waals surface area contributed by atoms with Gasteiger partial charge in [-0.05, 0) is 37.7 Å². The SMILES string of the molecule is C=C1C=C(C)C(=N)C(C)CCC1. The van der Waals surface area contributed by atoms with E-state index in [9.17, 15) is 0 Å². The molecule has 1 N–H and O–H groups in total. The summed E-state index contributed by atoms with van der Waals surface area (Å²) in [5, 5.41) is 7.82. The molecule has 0 aromatic rings. The van der Waals surface area contributed by atoms with E-state index in [0.29, 0.717) is 5.92 Å². The molecule has 0 radical (unpaired) electrons. The second kappa shape index (κ2) is 3.70. The molecule has 1 aliphatic carbocycles. The van der Waals surface area contributed by atoms with Crippen LogP contribution in [-0.4, -0.2) is 5.71 Å². The van der Waals surface area contributed by atoms with Crippen LogP contribution in [0.1, 0.15) is 33.1 Å². The van der Waals surface area contributed by atoms with Crippen molar-refractivity contribution in [2.75, 3.05) is 0 Å². The number of allylic oxidation sites excluding steroid dienone is 3. The first-order valence-electron chi connectivity index (χ1n) is 4.56. The molecule has 0 fully saturated rings. The Balaban J connectivity index is 2.84. The van der Waals surface area contributed by atoms with E-state index < -0.39 is 0 Å². The maximum absolute atomic E-state index is 7.82. The molecule has 0 aromatic heterocycles. The number of hydrogen-bond acceptors (Lipinski definition) is 1. The van der Waals surface area contributed by atoms with Crippen molar-refractivity contribution < 1.29 is 0 Å². The Morgan fingerprint density at radius 1 is 1.58 bits per heavy atom. The van der Waals surface area contributed by atoms with Crippen molar-refractivity contribution in [1.29, 1.82) is 5.41 Å². The van der Waals surface area contributed by atoms with Crippen LogP contribution in [-0.2, 0) is 0 Å². The van der Waals surface area contributed by atoms with E-state index in [1.807, 2.05) is 6.92 Å². The van der Waals surface area contributed by atoms with E-state index in [1.165, 1.54) is 12.0 Å². The maximum atomic E-state index is 7.82. The fraction of sp³-hybridized carbons (Fsp3) is 0.545. The van der Waals surface area contributed by atoms with E-state index in [2.05, 4.69) is 19.6 Å². The molecule has 12 heavy (non-hydrogen) atoms. The molecule has 1 atom stereocenters. The minimum Gasteiger partial charge on any atom is -0.305 e. The van der Waals surface area contributed by atoms with Crippen LogP contribution in [0.3, 0.4) is 0 Å². The third-order valence-electron chi connectivity index (χ3n) is 2.47. The molecule has 1 heteroatoms. The molecule has 0 bridgehead atoms. The largest absolute Gasteiger partial charge is 0.305 e. The minimum absolute atomic E-state index is 0.425. The second-order valence-corrected chi connectivity index (χ2v) is 3.69. The molecular formula is C11H17N. The number of nitrogens with one attached hydrogen (secondary N) is 1. The van der Waals surface area contributed by atoms with Gasteiger partial charge in [0.1, 0.15) is 0 Å². The summed E-state index contributed by atoms with van der Waals surface area (Å²) in [6.45, 7) is 8.09. The molecule has 1 rings (SSSR count). The lowest BCUT2D eigenvalue weighted by molar-refractivity contribution is 0.628. The summed E-state index contributed by atoms with van der Waals surface area (Å²) in [4.78, 5) is 0. The van der Waals surface area contributed by atoms with Gasteiger partial charge in [0.25, 0.3) is 0 Å². The van der Waals surface area contributed by atoms with Gasteiger partial charge in [-0.15, -0.1) is 0 Å². The van der Waals surface area contributed by atoms with Gasteiger partial charge >= 0.3 is 0 Å². The highest BCUT2D eigenvalue weighted by Crippen LogP contribution is 2.21. The highest BCUT2D eigenvalue weighted by atomic mass is 14.4. The lowest BCUT2D eigenvalue weighted by atomic mass is 9.89. The Morgan fingerprint density at radius 2 is 2.25 bits per heavy atom. The Bertz CT molecular complexity index is 235. The van der Waals surface area contributed by atoms with Gasteiger partial charge in [-0.25, -0.2) is 0 Å². The van der Waals surface area contributed by atoms with Crippen LogP contribution in [0.4, 0.5) is 0 Å². The van der Waals surface area contributed by atoms with Crippen molar-refractivity contribution in [3.63, 3.8) is 0 Å². The van der Waals surface area contributed by atoms with Gasteiger partial charge in [0, 0.05) is 5.71 Å². The van der Waals surface area contributed by atoms with Crippen molar-refractivity contribution in [1.82, 2.24) is 0 Å². The second-order valence-electron chi connectivity index (χ2n) is 3.69.